The number of hydrogen-bond donors (Lipinski definition) is 2. The van der Waals surface area contributed by atoms with Crippen molar-refractivity contribution in [3.05, 3.63) is 46.7 Å². The van der Waals surface area contributed by atoms with Crippen molar-refractivity contribution in [1.29, 1.82) is 0 Å². The summed E-state index contributed by atoms with van der Waals surface area (Å²) >= 11 is 5.77. The number of fused-ring (bicyclic) bond motifs is 1. The van der Waals surface area contributed by atoms with Crippen molar-refractivity contribution in [3.63, 3.8) is 0 Å². The van der Waals surface area contributed by atoms with Gasteiger partial charge in [0, 0.05) is 17.8 Å². The Hall–Kier alpha value is -2.36. The third-order valence-electron chi connectivity index (χ3n) is 5.03. The minimum atomic E-state index is -3.85. The maximum Gasteiger partial charge on any atom is 0.259 e. The Morgan fingerprint density at radius 1 is 1.10 bits per heavy atom. The maximum absolute atomic E-state index is 13.4. The summed E-state index contributed by atoms with van der Waals surface area (Å²) in [5.41, 5.74) is 0.258. The molecule has 1 aliphatic carbocycles. The summed E-state index contributed by atoms with van der Waals surface area (Å²) in [6, 6.07) is 6.23. The lowest BCUT2D eigenvalue weighted by atomic mass is 10.1. The van der Waals surface area contributed by atoms with E-state index in [2.05, 4.69) is 10.0 Å². The Kier molecular flexibility index (Phi) is 5.86. The van der Waals surface area contributed by atoms with Crippen molar-refractivity contribution in [2.24, 2.45) is 0 Å². The van der Waals surface area contributed by atoms with Crippen LogP contribution < -0.4 is 19.5 Å². The molecule has 0 unspecified atom stereocenters. The first-order valence-corrected chi connectivity index (χ1v) is 11.4. The molecule has 7 nitrogen and oxygen atoms in total. The van der Waals surface area contributed by atoms with E-state index >= 15 is 0 Å². The van der Waals surface area contributed by atoms with Crippen molar-refractivity contribution < 1.29 is 27.1 Å². The van der Waals surface area contributed by atoms with Gasteiger partial charge in [-0.25, -0.2) is 17.5 Å². The molecule has 2 aliphatic rings. The summed E-state index contributed by atoms with van der Waals surface area (Å²) in [6.07, 6.45) is 3.51. The number of halogens is 2. The number of anilines is 1. The van der Waals surface area contributed by atoms with Crippen molar-refractivity contribution in [3.8, 4) is 11.5 Å². The number of carbonyl (C=O) groups excluding carboxylic acids is 1. The van der Waals surface area contributed by atoms with E-state index < -0.39 is 21.7 Å². The van der Waals surface area contributed by atoms with Crippen molar-refractivity contribution in [2.45, 2.75) is 36.6 Å². The van der Waals surface area contributed by atoms with Crippen LogP contribution in [0.1, 0.15) is 36.0 Å². The number of sulfonamides is 1. The average molecular weight is 455 g/mol. The van der Waals surface area contributed by atoms with Crippen LogP contribution in [0, 0.1) is 5.82 Å². The summed E-state index contributed by atoms with van der Waals surface area (Å²) in [7, 11) is -3.85. The Labute approximate surface area is 178 Å². The van der Waals surface area contributed by atoms with Crippen LogP contribution in [0.25, 0.3) is 0 Å². The fourth-order valence-electron chi connectivity index (χ4n) is 3.56. The molecule has 0 atom stereocenters. The van der Waals surface area contributed by atoms with E-state index in [-0.39, 0.29) is 51.9 Å². The van der Waals surface area contributed by atoms with Gasteiger partial charge >= 0.3 is 0 Å². The molecule has 1 aliphatic heterocycles. The second-order valence-corrected chi connectivity index (χ2v) is 9.30. The number of benzene rings is 2. The minimum absolute atomic E-state index is 0.000514. The van der Waals surface area contributed by atoms with E-state index in [0.29, 0.717) is 0 Å². The summed E-state index contributed by atoms with van der Waals surface area (Å²) < 4.78 is 53.0. The molecule has 1 heterocycles. The summed E-state index contributed by atoms with van der Waals surface area (Å²) in [5.74, 6) is -0.906. The van der Waals surface area contributed by atoms with Crippen LogP contribution in [0.2, 0.25) is 5.02 Å². The van der Waals surface area contributed by atoms with E-state index in [4.69, 9.17) is 21.1 Å². The van der Waals surface area contributed by atoms with Crippen LogP contribution in [0.5, 0.6) is 11.5 Å². The highest BCUT2D eigenvalue weighted by Gasteiger charge is 2.29. The first kappa shape index (κ1) is 20.9. The van der Waals surface area contributed by atoms with E-state index in [1.54, 1.807) is 0 Å². The van der Waals surface area contributed by atoms with Gasteiger partial charge in [0.15, 0.2) is 11.5 Å². The van der Waals surface area contributed by atoms with Gasteiger partial charge in [0.05, 0.1) is 15.5 Å². The van der Waals surface area contributed by atoms with Gasteiger partial charge in [0.1, 0.15) is 19.0 Å². The third-order valence-corrected chi connectivity index (χ3v) is 6.81. The van der Waals surface area contributed by atoms with Crippen LogP contribution in [0.3, 0.4) is 0 Å². The van der Waals surface area contributed by atoms with Gasteiger partial charge in [-0.3, -0.25) is 4.79 Å². The molecule has 0 spiro atoms. The van der Waals surface area contributed by atoms with Crippen LogP contribution in [-0.4, -0.2) is 33.6 Å². The normalized spacial score (nSPS) is 16.5. The summed E-state index contributed by atoms with van der Waals surface area (Å²) in [5, 5.41) is 2.44. The first-order chi connectivity index (χ1) is 14.3. The van der Waals surface area contributed by atoms with Crippen molar-refractivity contribution >= 4 is 33.2 Å². The highest BCUT2D eigenvalue weighted by Crippen LogP contribution is 2.37. The lowest BCUT2D eigenvalue weighted by Gasteiger charge is -2.22. The lowest BCUT2D eigenvalue weighted by molar-refractivity contribution is 0.101. The molecule has 160 valence electrons. The molecule has 2 aromatic carbocycles. The fraction of sp³-hybridized carbons (Fsp3) is 0.350. The van der Waals surface area contributed by atoms with Gasteiger partial charge in [-0.05, 0) is 37.1 Å². The summed E-state index contributed by atoms with van der Waals surface area (Å²) in [4.78, 5) is 12.8. The van der Waals surface area contributed by atoms with Crippen molar-refractivity contribution in [2.75, 3.05) is 18.5 Å². The smallest absolute Gasteiger partial charge is 0.259 e. The predicted molar refractivity (Wildman–Crippen MR) is 109 cm³/mol. The molecule has 2 aromatic rings. The molecular formula is C20H20ClFN2O5S. The molecule has 0 aromatic heterocycles. The third kappa shape index (κ3) is 4.38. The predicted octanol–water partition coefficient (Wildman–Crippen LogP) is 3.72. The quantitative estimate of drug-likeness (QED) is 0.718. The van der Waals surface area contributed by atoms with Crippen LogP contribution in [0.15, 0.2) is 35.2 Å². The van der Waals surface area contributed by atoms with Crippen LogP contribution >= 0.6 is 11.6 Å². The van der Waals surface area contributed by atoms with Gasteiger partial charge < -0.3 is 14.8 Å². The molecule has 2 N–H and O–H groups in total. The van der Waals surface area contributed by atoms with Crippen LogP contribution in [-0.2, 0) is 10.0 Å². The first-order valence-electron chi connectivity index (χ1n) is 9.56. The van der Waals surface area contributed by atoms with Gasteiger partial charge in [-0.2, -0.15) is 0 Å². The summed E-state index contributed by atoms with van der Waals surface area (Å²) in [6.45, 7) is 0.462. The van der Waals surface area contributed by atoms with Crippen molar-refractivity contribution in [1.82, 2.24) is 4.72 Å². The van der Waals surface area contributed by atoms with Crippen LogP contribution in [0.4, 0.5) is 10.1 Å². The molecule has 4 rings (SSSR count). The number of hydrogen-bond acceptors (Lipinski definition) is 5. The molecular weight excluding hydrogens is 435 g/mol. The van der Waals surface area contributed by atoms with Gasteiger partial charge in [0.2, 0.25) is 10.0 Å². The highest BCUT2D eigenvalue weighted by atomic mass is 35.5. The largest absolute Gasteiger partial charge is 0.486 e. The molecule has 0 saturated heterocycles. The molecule has 0 bridgehead atoms. The number of nitrogens with one attached hydrogen (secondary N) is 2. The lowest BCUT2D eigenvalue weighted by Crippen LogP contribution is -2.33. The Balaban J connectivity index is 1.68. The van der Waals surface area contributed by atoms with Gasteiger partial charge in [-0.15, -0.1) is 0 Å². The molecule has 1 amide bonds. The van der Waals surface area contributed by atoms with E-state index in [1.807, 2.05) is 0 Å². The second kappa shape index (κ2) is 8.41. The molecule has 0 radical (unpaired) electrons. The Bertz CT molecular complexity index is 1090. The highest BCUT2D eigenvalue weighted by molar-refractivity contribution is 7.89. The monoisotopic (exact) mass is 454 g/mol. The number of ether oxygens (including phenoxy) is 2. The number of amides is 1. The van der Waals surface area contributed by atoms with E-state index in [1.165, 1.54) is 24.3 Å². The zero-order valence-electron chi connectivity index (χ0n) is 15.9. The molecule has 10 heteroatoms. The minimum Gasteiger partial charge on any atom is -0.486 e. The van der Waals surface area contributed by atoms with E-state index in [9.17, 15) is 17.6 Å². The Morgan fingerprint density at radius 3 is 2.57 bits per heavy atom. The van der Waals surface area contributed by atoms with E-state index in [0.717, 1.165) is 31.7 Å². The SMILES string of the molecule is O=C(Nc1ccc(F)c(Cl)c1)c1cc(S(=O)(=O)NC2CCCC2)cc2c1OCCO2. The maximum atomic E-state index is 13.4. The zero-order valence-corrected chi connectivity index (χ0v) is 17.5. The molecule has 1 saturated carbocycles. The standard InChI is InChI=1S/C20H20ClFN2O5S/c21-16-9-13(5-6-17(16)22)23-20(25)15-10-14(11-18-19(15)29-8-7-28-18)30(26,27)24-12-3-1-2-4-12/h5-6,9-12,24H,1-4,7-8H2,(H,23,25). The number of rotatable bonds is 5. The zero-order chi connectivity index (χ0) is 21.3. The fourth-order valence-corrected chi connectivity index (χ4v) is 5.08. The topological polar surface area (TPSA) is 93.7 Å². The number of carbonyl (C=O) groups is 1. The molecule has 30 heavy (non-hydrogen) atoms. The second-order valence-electron chi connectivity index (χ2n) is 7.18. The average Bonchev–Trinajstić information content (AvgIpc) is 3.22. The van der Waals surface area contributed by atoms with Gasteiger partial charge in [-0.1, -0.05) is 24.4 Å². The Morgan fingerprint density at radius 2 is 1.83 bits per heavy atom. The van der Waals surface area contributed by atoms with Gasteiger partial charge in [0.25, 0.3) is 5.91 Å². The molecule has 1 fully saturated rings.